The van der Waals surface area contributed by atoms with Crippen LogP contribution in [0.15, 0.2) is 83.8 Å². The third-order valence-electron chi connectivity index (χ3n) is 7.37. The molecule has 10 heteroatoms. The standard InChI is InChI=1S/C31H36ClN3O5S/c1-23(31(37)33-26-13-9-10-14-26)34(20-19-24-11-5-3-6-12-24)30(36)22-35(28-21-25(32)17-18-29(28)40-2)41(38,39)27-15-7-4-8-16-27/h3-8,11-12,15-18,21,23,26H,9-10,13-14,19-20,22H2,1-2H3,(H,33,37)/t23-/m0/s1. The van der Waals surface area contributed by atoms with Crippen LogP contribution in [0.1, 0.15) is 38.2 Å². The average Bonchev–Trinajstić information content (AvgIpc) is 3.50. The number of carbonyl (C=O) groups excluding carboxylic acids is 2. The zero-order chi connectivity index (χ0) is 29.4. The van der Waals surface area contributed by atoms with Gasteiger partial charge in [-0.05, 0) is 62.1 Å². The van der Waals surface area contributed by atoms with E-state index in [1.54, 1.807) is 37.3 Å². The Balaban J connectivity index is 1.69. The van der Waals surface area contributed by atoms with Crippen LogP contribution in [0, 0.1) is 0 Å². The number of benzene rings is 3. The SMILES string of the molecule is COc1ccc(Cl)cc1N(CC(=O)N(CCc1ccccc1)[C@@H](C)C(=O)NC1CCCC1)S(=O)(=O)c1ccccc1. The van der Waals surface area contributed by atoms with E-state index in [2.05, 4.69) is 5.32 Å². The van der Waals surface area contributed by atoms with Crippen LogP contribution >= 0.6 is 11.6 Å². The van der Waals surface area contributed by atoms with Crippen molar-refractivity contribution in [1.82, 2.24) is 10.2 Å². The molecule has 3 aromatic carbocycles. The van der Waals surface area contributed by atoms with Crippen LogP contribution in [0.5, 0.6) is 5.75 Å². The monoisotopic (exact) mass is 597 g/mol. The summed E-state index contributed by atoms with van der Waals surface area (Å²) in [6.07, 6.45) is 4.44. The molecular formula is C31H36ClN3O5S. The van der Waals surface area contributed by atoms with E-state index in [0.29, 0.717) is 6.42 Å². The van der Waals surface area contributed by atoms with Crippen molar-refractivity contribution in [3.05, 3.63) is 89.4 Å². The van der Waals surface area contributed by atoms with Gasteiger partial charge in [-0.15, -0.1) is 0 Å². The van der Waals surface area contributed by atoms with E-state index in [-0.39, 0.29) is 39.8 Å². The molecule has 0 aromatic heterocycles. The molecular weight excluding hydrogens is 562 g/mol. The predicted octanol–water partition coefficient (Wildman–Crippen LogP) is 5.06. The van der Waals surface area contributed by atoms with Crippen molar-refractivity contribution in [3.8, 4) is 5.75 Å². The van der Waals surface area contributed by atoms with Crippen LogP contribution in [0.2, 0.25) is 5.02 Å². The maximum atomic E-state index is 14.1. The number of carbonyl (C=O) groups is 2. The number of anilines is 1. The van der Waals surface area contributed by atoms with Crippen LogP contribution in [0.4, 0.5) is 5.69 Å². The van der Waals surface area contributed by atoms with E-state index in [1.165, 1.54) is 30.2 Å². The second-order valence-corrected chi connectivity index (χ2v) is 12.4. The molecule has 1 fully saturated rings. The van der Waals surface area contributed by atoms with Gasteiger partial charge >= 0.3 is 0 Å². The second kappa shape index (κ2) is 13.9. The Morgan fingerprint density at radius 1 is 1.00 bits per heavy atom. The Morgan fingerprint density at radius 3 is 2.27 bits per heavy atom. The number of halogens is 1. The topological polar surface area (TPSA) is 96.0 Å². The maximum absolute atomic E-state index is 14.1. The number of hydrogen-bond acceptors (Lipinski definition) is 5. The number of nitrogens with one attached hydrogen (secondary N) is 1. The first-order valence-electron chi connectivity index (χ1n) is 13.8. The molecule has 0 unspecified atom stereocenters. The highest BCUT2D eigenvalue weighted by molar-refractivity contribution is 7.92. The van der Waals surface area contributed by atoms with Gasteiger partial charge in [-0.3, -0.25) is 13.9 Å². The van der Waals surface area contributed by atoms with Gasteiger partial charge in [0.25, 0.3) is 10.0 Å². The minimum Gasteiger partial charge on any atom is -0.495 e. The maximum Gasteiger partial charge on any atom is 0.264 e. The van der Waals surface area contributed by atoms with Crippen molar-refractivity contribution in [2.24, 2.45) is 0 Å². The number of rotatable bonds is 12. The molecule has 0 spiro atoms. The summed E-state index contributed by atoms with van der Waals surface area (Å²) >= 11 is 6.28. The molecule has 1 N–H and O–H groups in total. The first-order valence-corrected chi connectivity index (χ1v) is 15.6. The Hall–Kier alpha value is -3.56. The van der Waals surface area contributed by atoms with Crippen LogP contribution < -0.4 is 14.4 Å². The lowest BCUT2D eigenvalue weighted by atomic mass is 10.1. The van der Waals surface area contributed by atoms with Gasteiger partial charge in [0.15, 0.2) is 0 Å². The molecule has 4 rings (SSSR count). The van der Waals surface area contributed by atoms with E-state index in [9.17, 15) is 18.0 Å². The summed E-state index contributed by atoms with van der Waals surface area (Å²) in [6, 6.07) is 21.4. The number of nitrogens with zero attached hydrogens (tertiary/aromatic N) is 2. The highest BCUT2D eigenvalue weighted by atomic mass is 35.5. The summed E-state index contributed by atoms with van der Waals surface area (Å²) < 4.78 is 34.4. The fraction of sp³-hybridized carbons (Fsp3) is 0.355. The first-order chi connectivity index (χ1) is 19.7. The summed E-state index contributed by atoms with van der Waals surface area (Å²) in [6.45, 7) is 1.36. The Kier molecular flexibility index (Phi) is 10.3. The molecule has 8 nitrogen and oxygen atoms in total. The molecule has 1 aliphatic rings. The summed E-state index contributed by atoms with van der Waals surface area (Å²) in [4.78, 5) is 28.8. The molecule has 2 amide bonds. The first kappa shape index (κ1) is 30.4. The number of methoxy groups -OCH3 is 1. The second-order valence-electron chi connectivity index (χ2n) is 10.1. The molecule has 1 saturated carbocycles. The molecule has 218 valence electrons. The van der Waals surface area contributed by atoms with Crippen LogP contribution in [-0.4, -0.2) is 57.4 Å². The van der Waals surface area contributed by atoms with Crippen molar-refractivity contribution in [1.29, 1.82) is 0 Å². The Bertz CT molecular complexity index is 1430. The van der Waals surface area contributed by atoms with Gasteiger partial charge in [-0.25, -0.2) is 8.42 Å². The highest BCUT2D eigenvalue weighted by Crippen LogP contribution is 2.35. The quantitative estimate of drug-likeness (QED) is 0.315. The van der Waals surface area contributed by atoms with Gasteiger partial charge < -0.3 is 15.0 Å². The van der Waals surface area contributed by atoms with Gasteiger partial charge in [0, 0.05) is 17.6 Å². The normalized spacial score (nSPS) is 14.3. The number of hydrogen-bond donors (Lipinski definition) is 1. The third kappa shape index (κ3) is 7.59. The fourth-order valence-electron chi connectivity index (χ4n) is 5.05. The number of sulfonamides is 1. The van der Waals surface area contributed by atoms with E-state index >= 15 is 0 Å². The molecule has 0 radical (unpaired) electrons. The molecule has 0 heterocycles. The summed E-state index contributed by atoms with van der Waals surface area (Å²) in [5, 5.41) is 3.36. The summed E-state index contributed by atoms with van der Waals surface area (Å²) in [5.41, 5.74) is 1.13. The molecule has 41 heavy (non-hydrogen) atoms. The summed E-state index contributed by atoms with van der Waals surface area (Å²) in [5.74, 6) is -0.530. The molecule has 1 atom stereocenters. The highest BCUT2D eigenvalue weighted by Gasteiger charge is 2.34. The lowest BCUT2D eigenvalue weighted by Gasteiger charge is -2.33. The Labute approximate surface area is 247 Å². The lowest BCUT2D eigenvalue weighted by Crippen LogP contribution is -2.53. The van der Waals surface area contributed by atoms with Gasteiger partial charge in [0.05, 0.1) is 17.7 Å². The van der Waals surface area contributed by atoms with Crippen molar-refractivity contribution in [2.75, 3.05) is 24.5 Å². The van der Waals surface area contributed by atoms with Gasteiger partial charge in [0.1, 0.15) is 18.3 Å². The van der Waals surface area contributed by atoms with E-state index < -0.39 is 28.5 Å². The summed E-state index contributed by atoms with van der Waals surface area (Å²) in [7, 11) is -2.80. The van der Waals surface area contributed by atoms with E-state index in [4.69, 9.17) is 16.3 Å². The molecule has 0 saturated heterocycles. The molecule has 0 bridgehead atoms. The number of amides is 2. The molecule has 3 aromatic rings. The van der Waals surface area contributed by atoms with Crippen LogP contribution in [0.3, 0.4) is 0 Å². The number of ether oxygens (including phenoxy) is 1. The lowest BCUT2D eigenvalue weighted by molar-refractivity contribution is -0.139. The fourth-order valence-corrected chi connectivity index (χ4v) is 6.66. The van der Waals surface area contributed by atoms with Crippen LogP contribution in [0.25, 0.3) is 0 Å². The average molecular weight is 598 g/mol. The smallest absolute Gasteiger partial charge is 0.264 e. The Morgan fingerprint density at radius 2 is 1.63 bits per heavy atom. The minimum absolute atomic E-state index is 0.0117. The third-order valence-corrected chi connectivity index (χ3v) is 9.38. The molecule has 1 aliphatic carbocycles. The largest absolute Gasteiger partial charge is 0.495 e. The zero-order valence-electron chi connectivity index (χ0n) is 23.3. The van der Waals surface area contributed by atoms with Gasteiger partial charge in [-0.1, -0.05) is 73.0 Å². The van der Waals surface area contributed by atoms with E-state index in [1.807, 2.05) is 30.3 Å². The van der Waals surface area contributed by atoms with Crippen molar-refractivity contribution in [2.45, 2.75) is 56.0 Å². The zero-order valence-corrected chi connectivity index (χ0v) is 24.9. The van der Waals surface area contributed by atoms with Crippen LogP contribution in [-0.2, 0) is 26.0 Å². The van der Waals surface area contributed by atoms with Gasteiger partial charge in [-0.2, -0.15) is 0 Å². The van der Waals surface area contributed by atoms with Crippen molar-refractivity contribution >= 4 is 39.1 Å². The molecule has 0 aliphatic heterocycles. The van der Waals surface area contributed by atoms with E-state index in [0.717, 1.165) is 35.6 Å². The van der Waals surface area contributed by atoms with Crippen molar-refractivity contribution < 1.29 is 22.7 Å². The minimum atomic E-state index is -4.22. The van der Waals surface area contributed by atoms with Gasteiger partial charge in [0.2, 0.25) is 11.8 Å². The van der Waals surface area contributed by atoms with Crippen molar-refractivity contribution in [3.63, 3.8) is 0 Å². The predicted molar refractivity (Wildman–Crippen MR) is 161 cm³/mol.